The van der Waals surface area contributed by atoms with Crippen LogP contribution in [0.1, 0.15) is 47.1 Å². The molecular formula is C19H20ClNO4. The van der Waals surface area contributed by atoms with E-state index >= 15 is 0 Å². The number of carbonyl (C=O) groups is 2. The van der Waals surface area contributed by atoms with Gasteiger partial charge in [0.15, 0.2) is 5.78 Å². The van der Waals surface area contributed by atoms with Crippen LogP contribution in [0, 0.1) is 6.92 Å². The van der Waals surface area contributed by atoms with Gasteiger partial charge in [0.2, 0.25) is 0 Å². The fourth-order valence-corrected chi connectivity index (χ4v) is 2.72. The molecule has 0 aliphatic rings. The zero-order chi connectivity index (χ0) is 18.4. The Labute approximate surface area is 151 Å². The lowest BCUT2D eigenvalue weighted by molar-refractivity contribution is -0.143. The fourth-order valence-electron chi connectivity index (χ4n) is 2.43. The van der Waals surface area contributed by atoms with Gasteiger partial charge >= 0.3 is 5.97 Å². The van der Waals surface area contributed by atoms with E-state index in [0.717, 1.165) is 11.1 Å². The highest BCUT2D eigenvalue weighted by Gasteiger charge is 2.17. The smallest absolute Gasteiger partial charge is 0.306 e. The summed E-state index contributed by atoms with van der Waals surface area (Å²) in [7, 11) is 0. The van der Waals surface area contributed by atoms with E-state index in [2.05, 4.69) is 4.98 Å². The molecule has 0 unspecified atom stereocenters. The van der Waals surface area contributed by atoms with Crippen LogP contribution in [0.2, 0.25) is 5.02 Å². The first kappa shape index (κ1) is 18.9. The molecule has 0 bridgehead atoms. The van der Waals surface area contributed by atoms with Crippen LogP contribution in [0.4, 0.5) is 0 Å². The molecule has 0 radical (unpaired) electrons. The third kappa shape index (κ3) is 5.03. The molecule has 0 aliphatic carbocycles. The Balaban J connectivity index is 2.17. The van der Waals surface area contributed by atoms with Crippen LogP contribution >= 0.6 is 11.6 Å². The maximum Gasteiger partial charge on any atom is 0.306 e. The average molecular weight is 362 g/mol. The maximum absolute atomic E-state index is 12.3. The summed E-state index contributed by atoms with van der Waals surface area (Å²) in [5, 5.41) is 10.6. The second-order valence-electron chi connectivity index (χ2n) is 5.61. The summed E-state index contributed by atoms with van der Waals surface area (Å²) in [5.74, 6) is -1.05. The quantitative estimate of drug-likeness (QED) is 0.598. The lowest BCUT2D eigenvalue weighted by atomic mass is 10.0. The number of ether oxygens (including phenoxy) is 1. The highest BCUT2D eigenvalue weighted by atomic mass is 35.5. The largest absolute Gasteiger partial charge is 0.506 e. The minimum atomic E-state index is -0.446. The van der Waals surface area contributed by atoms with Crippen LogP contribution in [0.5, 0.6) is 5.75 Å². The van der Waals surface area contributed by atoms with E-state index in [9.17, 15) is 14.7 Å². The van der Waals surface area contributed by atoms with Crippen LogP contribution in [-0.4, -0.2) is 28.4 Å². The van der Waals surface area contributed by atoms with Gasteiger partial charge < -0.3 is 9.84 Å². The summed E-state index contributed by atoms with van der Waals surface area (Å²) in [6, 6.07) is 8.71. The second-order valence-corrected chi connectivity index (χ2v) is 6.02. The topological polar surface area (TPSA) is 76.5 Å². The fraction of sp³-hybridized carbons (Fsp3) is 0.316. The van der Waals surface area contributed by atoms with Crippen molar-refractivity contribution >= 4 is 23.4 Å². The minimum absolute atomic E-state index is 0.0356. The first-order valence-corrected chi connectivity index (χ1v) is 8.41. The number of ketones is 1. The van der Waals surface area contributed by atoms with Crippen molar-refractivity contribution in [2.45, 2.75) is 33.1 Å². The molecule has 0 aliphatic heterocycles. The van der Waals surface area contributed by atoms with Gasteiger partial charge in [-0.25, -0.2) is 4.98 Å². The summed E-state index contributed by atoms with van der Waals surface area (Å²) in [6.45, 7) is 3.92. The van der Waals surface area contributed by atoms with Crippen molar-refractivity contribution in [2.24, 2.45) is 0 Å². The standard InChI is InChI=1S/C19H20ClNO4/c1-3-25-18(24)10-9-17(23)19-16(22)8-7-13(21-19)11-14-12(2)5-4-6-15(14)20/h4-8,22H,3,9-11H2,1-2H3. The highest BCUT2D eigenvalue weighted by Crippen LogP contribution is 2.24. The molecular weight excluding hydrogens is 342 g/mol. The van der Waals surface area contributed by atoms with Crippen LogP contribution in [0.25, 0.3) is 0 Å². The van der Waals surface area contributed by atoms with E-state index in [1.165, 1.54) is 6.07 Å². The number of halogens is 1. The Morgan fingerprint density at radius 2 is 1.96 bits per heavy atom. The highest BCUT2D eigenvalue weighted by molar-refractivity contribution is 6.31. The summed E-state index contributed by atoms with van der Waals surface area (Å²) in [6.07, 6.45) is 0.347. The van der Waals surface area contributed by atoms with Gasteiger partial charge in [0, 0.05) is 23.6 Å². The number of Topliss-reactive ketones (excluding diaryl/α,β-unsaturated/α-hetero) is 1. The summed E-state index contributed by atoms with van der Waals surface area (Å²) >= 11 is 6.23. The van der Waals surface area contributed by atoms with Gasteiger partial charge in [-0.05, 0) is 43.2 Å². The first-order chi connectivity index (χ1) is 11.9. The van der Waals surface area contributed by atoms with Crippen molar-refractivity contribution in [2.75, 3.05) is 6.61 Å². The third-order valence-corrected chi connectivity index (χ3v) is 4.12. The number of aromatic nitrogens is 1. The average Bonchev–Trinajstić information content (AvgIpc) is 2.58. The first-order valence-electron chi connectivity index (χ1n) is 8.04. The second kappa shape index (κ2) is 8.62. The van der Waals surface area contributed by atoms with Crippen LogP contribution in [0.15, 0.2) is 30.3 Å². The Morgan fingerprint density at radius 1 is 1.20 bits per heavy atom. The number of aromatic hydroxyl groups is 1. The molecule has 1 heterocycles. The van der Waals surface area contributed by atoms with E-state index in [-0.39, 0.29) is 30.9 Å². The van der Waals surface area contributed by atoms with E-state index < -0.39 is 11.8 Å². The number of hydrogen-bond acceptors (Lipinski definition) is 5. The number of pyridine rings is 1. The lowest BCUT2D eigenvalue weighted by Gasteiger charge is -2.10. The Hall–Kier alpha value is -2.40. The molecule has 6 heteroatoms. The molecule has 0 saturated heterocycles. The number of benzene rings is 1. The molecule has 2 aromatic rings. The van der Waals surface area contributed by atoms with Gasteiger partial charge in [0.1, 0.15) is 11.4 Å². The number of nitrogens with zero attached hydrogens (tertiary/aromatic N) is 1. The Kier molecular flexibility index (Phi) is 6.53. The molecule has 1 aromatic heterocycles. The number of carbonyl (C=O) groups excluding carboxylic acids is 2. The van der Waals surface area contributed by atoms with Gasteiger partial charge in [-0.3, -0.25) is 9.59 Å². The molecule has 0 saturated carbocycles. The molecule has 0 spiro atoms. The number of hydrogen-bond donors (Lipinski definition) is 1. The van der Waals surface area contributed by atoms with Gasteiger partial charge in [-0.15, -0.1) is 0 Å². The van der Waals surface area contributed by atoms with Crippen molar-refractivity contribution in [3.05, 3.63) is 57.9 Å². The molecule has 1 N–H and O–H groups in total. The van der Waals surface area contributed by atoms with E-state index in [1.807, 2.05) is 19.1 Å². The predicted molar refractivity (Wildman–Crippen MR) is 95.1 cm³/mol. The van der Waals surface area contributed by atoms with Crippen LogP contribution < -0.4 is 0 Å². The predicted octanol–water partition coefficient (Wildman–Crippen LogP) is 3.87. The zero-order valence-corrected chi connectivity index (χ0v) is 15.0. The van der Waals surface area contributed by atoms with Crippen LogP contribution in [-0.2, 0) is 16.0 Å². The molecule has 25 heavy (non-hydrogen) atoms. The summed E-state index contributed by atoms with van der Waals surface area (Å²) in [5.41, 5.74) is 2.53. The number of aryl methyl sites for hydroxylation is 1. The van der Waals surface area contributed by atoms with E-state index in [1.54, 1.807) is 19.1 Å². The molecule has 0 atom stereocenters. The van der Waals surface area contributed by atoms with Gasteiger partial charge in [0.05, 0.1) is 13.0 Å². The molecule has 5 nitrogen and oxygen atoms in total. The number of rotatable bonds is 7. The van der Waals surface area contributed by atoms with Crippen LogP contribution in [0.3, 0.4) is 0 Å². The van der Waals surface area contributed by atoms with E-state index in [0.29, 0.717) is 17.1 Å². The van der Waals surface area contributed by atoms with Crippen molar-refractivity contribution in [1.82, 2.24) is 4.98 Å². The zero-order valence-electron chi connectivity index (χ0n) is 14.2. The molecule has 132 valence electrons. The minimum Gasteiger partial charge on any atom is -0.506 e. The van der Waals surface area contributed by atoms with Gasteiger partial charge in [-0.1, -0.05) is 23.7 Å². The Morgan fingerprint density at radius 3 is 2.64 bits per heavy atom. The normalized spacial score (nSPS) is 10.5. The monoisotopic (exact) mass is 361 g/mol. The van der Waals surface area contributed by atoms with Crippen molar-refractivity contribution in [3.8, 4) is 5.75 Å². The molecule has 2 rings (SSSR count). The maximum atomic E-state index is 12.3. The molecule has 1 aromatic carbocycles. The summed E-state index contributed by atoms with van der Waals surface area (Å²) < 4.78 is 4.80. The van der Waals surface area contributed by atoms with E-state index in [4.69, 9.17) is 16.3 Å². The summed E-state index contributed by atoms with van der Waals surface area (Å²) in [4.78, 5) is 27.9. The number of esters is 1. The van der Waals surface area contributed by atoms with Crippen molar-refractivity contribution in [3.63, 3.8) is 0 Å². The van der Waals surface area contributed by atoms with Crippen molar-refractivity contribution < 1.29 is 19.4 Å². The third-order valence-electron chi connectivity index (χ3n) is 3.77. The SMILES string of the molecule is CCOC(=O)CCC(=O)c1nc(Cc2c(C)cccc2Cl)ccc1O. The van der Waals surface area contributed by atoms with Gasteiger partial charge in [0.25, 0.3) is 0 Å². The Bertz CT molecular complexity index is 769. The molecule has 0 fully saturated rings. The lowest BCUT2D eigenvalue weighted by Crippen LogP contribution is -2.10. The van der Waals surface area contributed by atoms with Crippen molar-refractivity contribution in [1.29, 1.82) is 0 Å². The van der Waals surface area contributed by atoms with Gasteiger partial charge in [-0.2, -0.15) is 0 Å². The molecule has 0 amide bonds.